The number of Topliss-reactive ketones (excluding diaryl/α,β-unsaturated/α-hetero) is 1. The third-order valence-corrected chi connectivity index (χ3v) is 4.72. The summed E-state index contributed by atoms with van der Waals surface area (Å²) in [6.07, 6.45) is 2.66. The topological polar surface area (TPSA) is 37.4 Å². The van der Waals surface area contributed by atoms with E-state index in [1.807, 2.05) is 36.1 Å². The molecule has 0 saturated carbocycles. The van der Waals surface area contributed by atoms with Gasteiger partial charge in [-0.3, -0.25) is 9.59 Å². The molecule has 0 radical (unpaired) electrons. The van der Waals surface area contributed by atoms with Gasteiger partial charge in [-0.15, -0.1) is 0 Å². The zero-order valence-corrected chi connectivity index (χ0v) is 13.4. The smallest absolute Gasteiger partial charge is 0.227 e. The van der Waals surface area contributed by atoms with Crippen LogP contribution in [0.5, 0.6) is 0 Å². The second-order valence-corrected chi connectivity index (χ2v) is 6.10. The average Bonchev–Trinajstić information content (AvgIpc) is 2.49. The van der Waals surface area contributed by atoms with Gasteiger partial charge >= 0.3 is 0 Å². The number of likely N-dealkylation sites (tertiary alicyclic amines) is 1. The molecule has 2 rings (SSSR count). The molecular weight excluding hydrogens is 318 g/mol. The van der Waals surface area contributed by atoms with Crippen LogP contribution in [0.1, 0.15) is 31.7 Å². The standard InChI is InChI=1S/C16H20BrNO2/c1-2-15(19)12-7-9-18(10-8-12)16(20)11-13-5-3-4-6-14(13)17/h3-6,12H,2,7-11H2,1H3. The Hall–Kier alpha value is -1.16. The number of rotatable bonds is 4. The molecule has 1 saturated heterocycles. The third-order valence-electron chi connectivity index (χ3n) is 3.95. The zero-order chi connectivity index (χ0) is 14.5. The highest BCUT2D eigenvalue weighted by Gasteiger charge is 2.26. The molecule has 3 nitrogen and oxygen atoms in total. The van der Waals surface area contributed by atoms with Gasteiger partial charge in [0.1, 0.15) is 5.78 Å². The minimum absolute atomic E-state index is 0.152. The van der Waals surface area contributed by atoms with E-state index in [1.165, 1.54) is 0 Å². The fraction of sp³-hybridized carbons (Fsp3) is 0.500. The average molecular weight is 338 g/mol. The van der Waals surface area contributed by atoms with Crippen molar-refractivity contribution in [2.75, 3.05) is 13.1 Å². The molecule has 4 heteroatoms. The van der Waals surface area contributed by atoms with Crippen LogP contribution < -0.4 is 0 Å². The largest absolute Gasteiger partial charge is 0.342 e. The van der Waals surface area contributed by atoms with Crippen molar-refractivity contribution >= 4 is 27.6 Å². The highest BCUT2D eigenvalue weighted by Crippen LogP contribution is 2.21. The monoisotopic (exact) mass is 337 g/mol. The van der Waals surface area contributed by atoms with E-state index in [9.17, 15) is 9.59 Å². The quantitative estimate of drug-likeness (QED) is 0.845. The van der Waals surface area contributed by atoms with Gasteiger partial charge in [0.05, 0.1) is 6.42 Å². The van der Waals surface area contributed by atoms with E-state index in [-0.39, 0.29) is 11.8 Å². The fourth-order valence-corrected chi connectivity index (χ4v) is 3.08. The Labute approximate surface area is 128 Å². The molecule has 1 amide bonds. The summed E-state index contributed by atoms with van der Waals surface area (Å²) in [6.45, 7) is 3.33. The molecule has 0 bridgehead atoms. The first kappa shape index (κ1) is 15.2. The van der Waals surface area contributed by atoms with Gasteiger partial charge in [-0.25, -0.2) is 0 Å². The number of hydrogen-bond acceptors (Lipinski definition) is 2. The summed E-state index contributed by atoms with van der Waals surface area (Å²) < 4.78 is 0.976. The van der Waals surface area contributed by atoms with Crippen molar-refractivity contribution in [2.24, 2.45) is 5.92 Å². The van der Waals surface area contributed by atoms with Gasteiger partial charge in [0.25, 0.3) is 0 Å². The first-order valence-electron chi connectivity index (χ1n) is 7.15. The Morgan fingerprint density at radius 1 is 1.25 bits per heavy atom. The molecule has 0 N–H and O–H groups in total. The van der Waals surface area contributed by atoms with E-state index < -0.39 is 0 Å². The maximum Gasteiger partial charge on any atom is 0.227 e. The second-order valence-electron chi connectivity index (χ2n) is 5.24. The molecule has 1 aliphatic rings. The summed E-state index contributed by atoms with van der Waals surface area (Å²) >= 11 is 3.47. The molecule has 20 heavy (non-hydrogen) atoms. The van der Waals surface area contributed by atoms with E-state index in [2.05, 4.69) is 15.9 Å². The predicted octanol–water partition coefficient (Wildman–Crippen LogP) is 3.21. The van der Waals surface area contributed by atoms with Crippen LogP contribution >= 0.6 is 15.9 Å². The normalized spacial score (nSPS) is 16.2. The van der Waals surface area contributed by atoms with Gasteiger partial charge in [0.15, 0.2) is 0 Å². The van der Waals surface area contributed by atoms with Crippen molar-refractivity contribution in [3.05, 3.63) is 34.3 Å². The van der Waals surface area contributed by atoms with E-state index >= 15 is 0 Å². The molecule has 108 valence electrons. The lowest BCUT2D eigenvalue weighted by Crippen LogP contribution is -2.40. The van der Waals surface area contributed by atoms with Gasteiger partial charge in [-0.05, 0) is 24.5 Å². The number of nitrogens with zero attached hydrogens (tertiary/aromatic N) is 1. The number of piperidine rings is 1. The Kier molecular flexibility index (Phi) is 5.35. The third kappa shape index (κ3) is 3.69. The highest BCUT2D eigenvalue weighted by molar-refractivity contribution is 9.10. The zero-order valence-electron chi connectivity index (χ0n) is 11.8. The van der Waals surface area contributed by atoms with Gasteiger partial charge < -0.3 is 4.90 Å². The van der Waals surface area contributed by atoms with Crippen molar-refractivity contribution in [3.63, 3.8) is 0 Å². The predicted molar refractivity (Wildman–Crippen MR) is 82.4 cm³/mol. The van der Waals surface area contributed by atoms with Crippen LogP contribution in [0.2, 0.25) is 0 Å². The maximum atomic E-state index is 12.3. The van der Waals surface area contributed by atoms with Crippen molar-refractivity contribution in [1.29, 1.82) is 0 Å². The molecule has 1 aliphatic heterocycles. The highest BCUT2D eigenvalue weighted by atomic mass is 79.9. The van der Waals surface area contributed by atoms with Crippen LogP contribution in [-0.4, -0.2) is 29.7 Å². The molecule has 0 spiro atoms. The van der Waals surface area contributed by atoms with Crippen molar-refractivity contribution in [1.82, 2.24) is 4.90 Å². The van der Waals surface area contributed by atoms with Crippen LogP contribution in [0.3, 0.4) is 0 Å². The minimum Gasteiger partial charge on any atom is -0.342 e. The van der Waals surface area contributed by atoms with Crippen LogP contribution in [0.4, 0.5) is 0 Å². The van der Waals surface area contributed by atoms with E-state index in [0.29, 0.717) is 31.7 Å². The van der Waals surface area contributed by atoms with Gasteiger partial charge in [-0.1, -0.05) is 41.1 Å². The summed E-state index contributed by atoms with van der Waals surface area (Å²) in [5, 5.41) is 0. The molecule has 0 aromatic heterocycles. The van der Waals surface area contributed by atoms with Crippen molar-refractivity contribution in [2.45, 2.75) is 32.6 Å². The molecule has 1 fully saturated rings. The number of carbonyl (C=O) groups is 2. The molecule has 0 aliphatic carbocycles. The molecule has 1 aromatic rings. The summed E-state index contributed by atoms with van der Waals surface area (Å²) in [4.78, 5) is 25.8. The van der Waals surface area contributed by atoms with E-state index in [1.54, 1.807) is 0 Å². The SMILES string of the molecule is CCC(=O)C1CCN(C(=O)Cc2ccccc2Br)CC1. The lowest BCUT2D eigenvalue weighted by Gasteiger charge is -2.31. The van der Waals surface area contributed by atoms with Crippen LogP contribution in [-0.2, 0) is 16.0 Å². The van der Waals surface area contributed by atoms with Gasteiger partial charge in [-0.2, -0.15) is 0 Å². The fourth-order valence-electron chi connectivity index (χ4n) is 2.66. The summed E-state index contributed by atoms with van der Waals surface area (Å²) in [5.74, 6) is 0.648. The Morgan fingerprint density at radius 2 is 1.90 bits per heavy atom. The lowest BCUT2D eigenvalue weighted by molar-refractivity contribution is -0.134. The van der Waals surface area contributed by atoms with Crippen LogP contribution in [0, 0.1) is 5.92 Å². The number of carbonyl (C=O) groups excluding carboxylic acids is 2. The number of hydrogen-bond donors (Lipinski definition) is 0. The Balaban J connectivity index is 1.89. The second kappa shape index (κ2) is 7.02. The van der Waals surface area contributed by atoms with Crippen LogP contribution in [0.25, 0.3) is 0 Å². The molecule has 1 heterocycles. The van der Waals surface area contributed by atoms with Crippen molar-refractivity contribution in [3.8, 4) is 0 Å². The molecule has 0 atom stereocenters. The summed E-state index contributed by atoms with van der Waals surface area (Å²) in [6, 6.07) is 7.81. The number of ketones is 1. The first-order valence-corrected chi connectivity index (χ1v) is 7.95. The Morgan fingerprint density at radius 3 is 2.50 bits per heavy atom. The molecular formula is C16H20BrNO2. The van der Waals surface area contributed by atoms with Gasteiger partial charge in [0.2, 0.25) is 5.91 Å². The van der Waals surface area contributed by atoms with Crippen LogP contribution in [0.15, 0.2) is 28.7 Å². The molecule has 0 unspecified atom stereocenters. The maximum absolute atomic E-state index is 12.3. The first-order chi connectivity index (χ1) is 9.61. The minimum atomic E-state index is 0.152. The van der Waals surface area contributed by atoms with E-state index in [0.717, 1.165) is 22.9 Å². The van der Waals surface area contributed by atoms with Gasteiger partial charge in [0, 0.05) is 29.9 Å². The van der Waals surface area contributed by atoms with E-state index in [4.69, 9.17) is 0 Å². The lowest BCUT2D eigenvalue weighted by atomic mass is 9.91. The summed E-state index contributed by atoms with van der Waals surface area (Å²) in [7, 11) is 0. The number of benzene rings is 1. The molecule has 1 aromatic carbocycles. The summed E-state index contributed by atoms with van der Waals surface area (Å²) in [5.41, 5.74) is 1.02. The number of amides is 1. The Bertz CT molecular complexity index is 493. The van der Waals surface area contributed by atoms with Crippen molar-refractivity contribution < 1.29 is 9.59 Å². The number of halogens is 1.